The number of amides is 1. The maximum Gasteiger partial charge on any atom is 0.273 e. The number of aryl methyl sites for hydroxylation is 1. The Bertz CT molecular complexity index is 1170. The van der Waals surface area contributed by atoms with E-state index in [0.717, 1.165) is 11.3 Å². The summed E-state index contributed by atoms with van der Waals surface area (Å²) in [5.41, 5.74) is 3.16. The third-order valence-corrected chi connectivity index (χ3v) is 4.53. The van der Waals surface area contributed by atoms with Crippen LogP contribution in [0.4, 0.5) is 5.69 Å². The number of carbonyl (C=O) groups is 1. The zero-order valence-electron chi connectivity index (χ0n) is 16.6. The van der Waals surface area contributed by atoms with Crippen molar-refractivity contribution in [3.05, 3.63) is 60.6 Å². The molecule has 4 rings (SSSR count). The van der Waals surface area contributed by atoms with Crippen LogP contribution in [0.1, 0.15) is 10.5 Å². The molecule has 2 heterocycles. The quantitative estimate of drug-likeness (QED) is 0.524. The number of benzene rings is 2. The van der Waals surface area contributed by atoms with E-state index in [1.54, 1.807) is 51.6 Å². The number of nitrogens with zero attached hydrogens (tertiary/aromatic N) is 6. The maximum absolute atomic E-state index is 12.8. The van der Waals surface area contributed by atoms with Crippen molar-refractivity contribution in [3.8, 4) is 28.4 Å². The van der Waals surface area contributed by atoms with Crippen molar-refractivity contribution in [2.24, 2.45) is 7.05 Å². The van der Waals surface area contributed by atoms with Crippen molar-refractivity contribution >= 4 is 11.6 Å². The monoisotopic (exact) mass is 405 g/mol. The summed E-state index contributed by atoms with van der Waals surface area (Å²) in [5.74, 6) is 1.03. The predicted molar refractivity (Wildman–Crippen MR) is 109 cm³/mol. The lowest BCUT2D eigenvalue weighted by Gasteiger charge is -2.08. The van der Waals surface area contributed by atoms with E-state index in [2.05, 4.69) is 25.9 Å². The van der Waals surface area contributed by atoms with Crippen LogP contribution < -0.4 is 14.8 Å². The van der Waals surface area contributed by atoms with Crippen molar-refractivity contribution in [2.75, 3.05) is 19.5 Å². The normalized spacial score (nSPS) is 10.6. The number of anilines is 1. The fourth-order valence-electron chi connectivity index (χ4n) is 3.00. The number of aromatic nitrogens is 6. The first kappa shape index (κ1) is 19.1. The van der Waals surface area contributed by atoms with Crippen molar-refractivity contribution in [1.82, 2.24) is 30.0 Å². The highest BCUT2D eigenvalue weighted by Gasteiger charge is 2.17. The van der Waals surface area contributed by atoms with E-state index < -0.39 is 0 Å². The Morgan fingerprint density at radius 1 is 1.03 bits per heavy atom. The molecule has 0 bridgehead atoms. The molecular weight excluding hydrogens is 386 g/mol. The van der Waals surface area contributed by atoms with Crippen LogP contribution in [0.5, 0.6) is 11.5 Å². The van der Waals surface area contributed by atoms with Crippen LogP contribution in [-0.2, 0) is 7.05 Å². The molecule has 0 aliphatic rings. The van der Waals surface area contributed by atoms with Gasteiger partial charge in [0.1, 0.15) is 23.5 Å². The van der Waals surface area contributed by atoms with Crippen LogP contribution in [-0.4, -0.2) is 50.1 Å². The summed E-state index contributed by atoms with van der Waals surface area (Å²) in [7, 11) is 4.89. The number of carbonyl (C=O) groups excluding carboxylic acids is 1. The van der Waals surface area contributed by atoms with Gasteiger partial charge >= 0.3 is 0 Å². The molecule has 0 saturated carbocycles. The number of tetrazole rings is 1. The Balaban J connectivity index is 1.57. The number of ether oxygens (including phenoxy) is 2. The lowest BCUT2D eigenvalue weighted by Crippen LogP contribution is -2.16. The van der Waals surface area contributed by atoms with Gasteiger partial charge in [-0.2, -0.15) is 5.10 Å². The molecule has 10 heteroatoms. The number of nitrogens with one attached hydrogen (secondary N) is 1. The number of hydrogen-bond donors (Lipinski definition) is 1. The fraction of sp³-hybridized carbons (Fsp3) is 0.150. The molecule has 30 heavy (non-hydrogen) atoms. The second kappa shape index (κ2) is 8.03. The molecule has 0 atom stereocenters. The highest BCUT2D eigenvalue weighted by Crippen LogP contribution is 2.33. The number of hydrogen-bond acceptors (Lipinski definition) is 7. The van der Waals surface area contributed by atoms with Gasteiger partial charge in [-0.1, -0.05) is 0 Å². The van der Waals surface area contributed by atoms with E-state index in [0.29, 0.717) is 28.6 Å². The third-order valence-electron chi connectivity index (χ3n) is 4.53. The minimum Gasteiger partial charge on any atom is -0.497 e. The first-order valence-electron chi connectivity index (χ1n) is 9.00. The van der Waals surface area contributed by atoms with E-state index >= 15 is 0 Å². The van der Waals surface area contributed by atoms with Gasteiger partial charge in [0.15, 0.2) is 0 Å². The largest absolute Gasteiger partial charge is 0.497 e. The first-order valence-corrected chi connectivity index (χ1v) is 9.00. The smallest absolute Gasteiger partial charge is 0.273 e. The lowest BCUT2D eigenvalue weighted by atomic mass is 10.1. The van der Waals surface area contributed by atoms with E-state index in [4.69, 9.17) is 9.47 Å². The second-order valence-corrected chi connectivity index (χ2v) is 6.36. The van der Waals surface area contributed by atoms with E-state index in [1.807, 2.05) is 18.2 Å². The molecule has 10 nitrogen and oxygen atoms in total. The van der Waals surface area contributed by atoms with Crippen LogP contribution in [0.25, 0.3) is 16.9 Å². The van der Waals surface area contributed by atoms with Crippen molar-refractivity contribution in [2.45, 2.75) is 0 Å². The van der Waals surface area contributed by atoms with Crippen LogP contribution >= 0.6 is 0 Å². The zero-order chi connectivity index (χ0) is 21.1. The van der Waals surface area contributed by atoms with Crippen LogP contribution in [0.15, 0.2) is 54.9 Å². The topological polar surface area (TPSA) is 109 Å². The molecule has 0 aliphatic heterocycles. The molecule has 152 valence electrons. The predicted octanol–water partition coefficient (Wildman–Crippen LogP) is 2.33. The molecule has 0 unspecified atom stereocenters. The molecule has 0 spiro atoms. The fourth-order valence-corrected chi connectivity index (χ4v) is 3.00. The second-order valence-electron chi connectivity index (χ2n) is 6.36. The molecule has 1 amide bonds. The van der Waals surface area contributed by atoms with Crippen molar-refractivity contribution in [3.63, 3.8) is 0 Å². The summed E-state index contributed by atoms with van der Waals surface area (Å²) in [6.07, 6.45) is 1.50. The summed E-state index contributed by atoms with van der Waals surface area (Å²) in [5, 5.41) is 18.4. The molecule has 0 fully saturated rings. The van der Waals surface area contributed by atoms with Crippen LogP contribution in [0.2, 0.25) is 0 Å². The summed E-state index contributed by atoms with van der Waals surface area (Å²) in [6.45, 7) is 0. The summed E-state index contributed by atoms with van der Waals surface area (Å²) < 4.78 is 13.8. The zero-order valence-corrected chi connectivity index (χ0v) is 16.6. The van der Waals surface area contributed by atoms with Gasteiger partial charge in [0, 0.05) is 18.3 Å². The molecule has 2 aromatic carbocycles. The van der Waals surface area contributed by atoms with Crippen molar-refractivity contribution in [1.29, 1.82) is 0 Å². The molecule has 0 radical (unpaired) electrons. The van der Waals surface area contributed by atoms with Gasteiger partial charge in [-0.3, -0.25) is 9.48 Å². The van der Waals surface area contributed by atoms with Crippen LogP contribution in [0, 0.1) is 0 Å². The van der Waals surface area contributed by atoms with Gasteiger partial charge in [0.05, 0.1) is 25.6 Å². The molecule has 0 saturated heterocycles. The highest BCUT2D eigenvalue weighted by molar-refractivity contribution is 6.03. The third kappa shape index (κ3) is 3.70. The summed E-state index contributed by atoms with van der Waals surface area (Å²) in [6, 6.07) is 14.3. The Morgan fingerprint density at radius 3 is 2.50 bits per heavy atom. The minimum absolute atomic E-state index is 0.284. The van der Waals surface area contributed by atoms with E-state index in [9.17, 15) is 4.79 Å². The van der Waals surface area contributed by atoms with E-state index in [1.165, 1.54) is 15.7 Å². The first-order chi connectivity index (χ1) is 14.6. The lowest BCUT2D eigenvalue weighted by molar-refractivity contribution is 0.101. The molecule has 4 aromatic rings. The van der Waals surface area contributed by atoms with Gasteiger partial charge in [-0.25, -0.2) is 4.68 Å². The standard InChI is InChI=1S/C20H19N7O3/c1-26-18(11-17(23-26)16-10-15(29-2)8-9-19(16)30-3)20(28)22-13-4-6-14(7-5-13)27-12-21-24-25-27/h4-12H,1-3H3,(H,22,28). The highest BCUT2D eigenvalue weighted by atomic mass is 16.5. The average molecular weight is 405 g/mol. The SMILES string of the molecule is COc1ccc(OC)c(-c2cc(C(=O)Nc3ccc(-n4cnnn4)cc3)n(C)n2)c1. The van der Waals surface area contributed by atoms with Gasteiger partial charge in [0.2, 0.25) is 0 Å². The maximum atomic E-state index is 12.8. The average Bonchev–Trinajstić information content (AvgIpc) is 3.44. The molecule has 0 aliphatic carbocycles. The summed E-state index contributed by atoms with van der Waals surface area (Å²) in [4.78, 5) is 12.8. The van der Waals surface area contributed by atoms with Gasteiger partial charge in [-0.05, 0) is 59.0 Å². The number of rotatable bonds is 6. The summed E-state index contributed by atoms with van der Waals surface area (Å²) >= 11 is 0. The Morgan fingerprint density at radius 2 is 1.83 bits per heavy atom. The minimum atomic E-state index is -0.284. The Hall–Kier alpha value is -4.21. The molecule has 2 aromatic heterocycles. The Kier molecular flexibility index (Phi) is 5.12. The molecular formula is C20H19N7O3. The Labute approximate surface area is 172 Å². The van der Waals surface area contributed by atoms with Gasteiger partial charge in [0.25, 0.3) is 5.91 Å². The van der Waals surface area contributed by atoms with Gasteiger partial charge < -0.3 is 14.8 Å². The van der Waals surface area contributed by atoms with Gasteiger partial charge in [-0.15, -0.1) is 5.10 Å². The van der Waals surface area contributed by atoms with Crippen molar-refractivity contribution < 1.29 is 14.3 Å². The molecule has 1 N–H and O–H groups in total. The number of methoxy groups -OCH3 is 2. The van der Waals surface area contributed by atoms with Crippen LogP contribution in [0.3, 0.4) is 0 Å². The van der Waals surface area contributed by atoms with E-state index in [-0.39, 0.29) is 5.91 Å².